The first-order valence-corrected chi connectivity index (χ1v) is 6.09. The molecule has 4 nitrogen and oxygen atoms in total. The van der Waals surface area contributed by atoms with E-state index < -0.39 is 0 Å². The summed E-state index contributed by atoms with van der Waals surface area (Å²) in [6.07, 6.45) is 4.74. The van der Waals surface area contributed by atoms with E-state index in [1.165, 1.54) is 5.56 Å². The molecule has 0 aromatic carbocycles. The Morgan fingerprint density at radius 3 is 2.65 bits per heavy atom. The molecule has 4 heteroatoms. The van der Waals surface area contributed by atoms with E-state index in [9.17, 15) is 0 Å². The molecule has 1 aromatic rings. The average molecular weight is 235 g/mol. The molecule has 0 saturated carbocycles. The van der Waals surface area contributed by atoms with Gasteiger partial charge in [-0.2, -0.15) is 0 Å². The molecule has 0 amide bonds. The second kappa shape index (κ2) is 5.58. The minimum Gasteiger partial charge on any atom is -0.380 e. The molecule has 17 heavy (non-hydrogen) atoms. The van der Waals surface area contributed by atoms with E-state index in [2.05, 4.69) is 29.1 Å². The first kappa shape index (κ1) is 12.5. The summed E-state index contributed by atoms with van der Waals surface area (Å²) in [5.41, 5.74) is 7.34. The Balaban J connectivity index is 1.76. The number of rotatable bonds is 6. The molecule has 1 aliphatic heterocycles. The highest BCUT2D eigenvalue weighted by atomic mass is 16.5. The fourth-order valence-electron chi connectivity index (χ4n) is 2.19. The second-order valence-electron chi connectivity index (χ2n) is 5.04. The van der Waals surface area contributed by atoms with Crippen LogP contribution in [0.25, 0.3) is 0 Å². The van der Waals surface area contributed by atoms with E-state index >= 15 is 0 Å². The number of nitrogens with two attached hydrogens (primary N) is 1. The summed E-state index contributed by atoms with van der Waals surface area (Å²) in [6.45, 7) is 4.40. The number of hydrogen-bond acceptors (Lipinski definition) is 4. The van der Waals surface area contributed by atoms with Crippen molar-refractivity contribution in [2.45, 2.75) is 6.42 Å². The molecule has 2 heterocycles. The SMILES string of the molecule is CN(CCc1ccncc1)CC1(CN)COC1. The maximum absolute atomic E-state index is 5.81. The summed E-state index contributed by atoms with van der Waals surface area (Å²) in [6, 6.07) is 4.14. The molecule has 2 N–H and O–H groups in total. The zero-order valence-electron chi connectivity index (χ0n) is 10.4. The van der Waals surface area contributed by atoms with Crippen LogP contribution in [0, 0.1) is 5.41 Å². The van der Waals surface area contributed by atoms with E-state index in [-0.39, 0.29) is 5.41 Å². The van der Waals surface area contributed by atoms with Crippen molar-refractivity contribution in [3.05, 3.63) is 30.1 Å². The van der Waals surface area contributed by atoms with Crippen LogP contribution in [0.4, 0.5) is 0 Å². The van der Waals surface area contributed by atoms with E-state index in [1.807, 2.05) is 12.4 Å². The van der Waals surface area contributed by atoms with Crippen molar-refractivity contribution in [2.75, 3.05) is 39.9 Å². The maximum atomic E-state index is 5.81. The fourth-order valence-corrected chi connectivity index (χ4v) is 2.19. The highest BCUT2D eigenvalue weighted by Crippen LogP contribution is 2.26. The molecule has 1 fully saturated rings. The molecule has 0 radical (unpaired) electrons. The summed E-state index contributed by atoms with van der Waals surface area (Å²) >= 11 is 0. The molecule has 0 aliphatic carbocycles. The van der Waals surface area contributed by atoms with Crippen molar-refractivity contribution in [1.29, 1.82) is 0 Å². The lowest BCUT2D eigenvalue weighted by Crippen LogP contribution is -2.54. The Hall–Kier alpha value is -0.970. The molecule has 0 spiro atoms. The highest BCUT2D eigenvalue weighted by molar-refractivity contribution is 5.09. The largest absolute Gasteiger partial charge is 0.380 e. The normalized spacial score (nSPS) is 18.1. The van der Waals surface area contributed by atoms with Gasteiger partial charge in [0.05, 0.1) is 13.2 Å². The van der Waals surface area contributed by atoms with Crippen molar-refractivity contribution < 1.29 is 4.74 Å². The monoisotopic (exact) mass is 235 g/mol. The van der Waals surface area contributed by atoms with E-state index in [1.54, 1.807) is 0 Å². The number of ether oxygens (including phenoxy) is 1. The van der Waals surface area contributed by atoms with Crippen LogP contribution >= 0.6 is 0 Å². The lowest BCUT2D eigenvalue weighted by Gasteiger charge is -2.43. The predicted octanol–water partition coefficient (Wildman–Crippen LogP) is 0.531. The summed E-state index contributed by atoms with van der Waals surface area (Å²) < 4.78 is 5.28. The van der Waals surface area contributed by atoms with Crippen LogP contribution in [0.2, 0.25) is 0 Å². The fraction of sp³-hybridized carbons (Fsp3) is 0.615. The van der Waals surface area contributed by atoms with Crippen molar-refractivity contribution >= 4 is 0 Å². The third-order valence-electron chi connectivity index (χ3n) is 3.39. The summed E-state index contributed by atoms with van der Waals surface area (Å²) in [5.74, 6) is 0. The topological polar surface area (TPSA) is 51.4 Å². The quantitative estimate of drug-likeness (QED) is 0.781. The van der Waals surface area contributed by atoms with Gasteiger partial charge in [-0.05, 0) is 31.2 Å². The van der Waals surface area contributed by atoms with E-state index in [0.717, 1.165) is 32.7 Å². The van der Waals surface area contributed by atoms with Crippen molar-refractivity contribution in [2.24, 2.45) is 11.1 Å². The van der Waals surface area contributed by atoms with Gasteiger partial charge in [-0.25, -0.2) is 0 Å². The van der Waals surface area contributed by atoms with Crippen LogP contribution in [0.15, 0.2) is 24.5 Å². The van der Waals surface area contributed by atoms with Gasteiger partial charge in [-0.3, -0.25) is 4.98 Å². The molecule has 0 atom stereocenters. The summed E-state index contributed by atoms with van der Waals surface area (Å²) in [7, 11) is 2.15. The van der Waals surface area contributed by atoms with Crippen LogP contribution in [0.5, 0.6) is 0 Å². The van der Waals surface area contributed by atoms with Crippen LogP contribution < -0.4 is 5.73 Å². The first-order chi connectivity index (χ1) is 8.24. The lowest BCUT2D eigenvalue weighted by atomic mass is 9.85. The maximum Gasteiger partial charge on any atom is 0.0569 e. The van der Waals surface area contributed by atoms with Crippen molar-refractivity contribution in [1.82, 2.24) is 9.88 Å². The van der Waals surface area contributed by atoms with Crippen LogP contribution in [0.3, 0.4) is 0 Å². The molecule has 1 aliphatic rings. The molecule has 0 bridgehead atoms. The van der Waals surface area contributed by atoms with Crippen LogP contribution in [-0.2, 0) is 11.2 Å². The van der Waals surface area contributed by atoms with Gasteiger partial charge in [-0.15, -0.1) is 0 Å². The van der Waals surface area contributed by atoms with Gasteiger partial charge in [-0.1, -0.05) is 0 Å². The van der Waals surface area contributed by atoms with Crippen LogP contribution in [-0.4, -0.2) is 49.8 Å². The average Bonchev–Trinajstić information content (AvgIpc) is 2.33. The molecule has 0 unspecified atom stereocenters. The van der Waals surface area contributed by atoms with Gasteiger partial charge in [0.25, 0.3) is 0 Å². The Morgan fingerprint density at radius 1 is 1.41 bits per heavy atom. The van der Waals surface area contributed by atoms with E-state index in [4.69, 9.17) is 10.5 Å². The number of pyridine rings is 1. The van der Waals surface area contributed by atoms with Gasteiger partial charge in [0.15, 0.2) is 0 Å². The van der Waals surface area contributed by atoms with Gasteiger partial charge in [0.1, 0.15) is 0 Å². The lowest BCUT2D eigenvalue weighted by molar-refractivity contribution is -0.117. The number of likely N-dealkylation sites (N-methyl/N-ethyl adjacent to an activating group) is 1. The van der Waals surface area contributed by atoms with Crippen LogP contribution in [0.1, 0.15) is 5.56 Å². The van der Waals surface area contributed by atoms with Gasteiger partial charge in [0, 0.05) is 37.4 Å². The third kappa shape index (κ3) is 3.25. The number of nitrogens with zero attached hydrogens (tertiary/aromatic N) is 2. The van der Waals surface area contributed by atoms with Gasteiger partial charge < -0.3 is 15.4 Å². The standard InChI is InChI=1S/C13H21N3O/c1-16(9-13(8-14)10-17-11-13)7-4-12-2-5-15-6-3-12/h2-3,5-6H,4,7-11,14H2,1H3. The zero-order chi connectivity index (χ0) is 12.1. The highest BCUT2D eigenvalue weighted by Gasteiger charge is 2.37. The first-order valence-electron chi connectivity index (χ1n) is 6.09. The van der Waals surface area contributed by atoms with Gasteiger partial charge >= 0.3 is 0 Å². The summed E-state index contributed by atoms with van der Waals surface area (Å²) in [4.78, 5) is 6.36. The Labute approximate surface area is 103 Å². The Morgan fingerprint density at radius 2 is 2.12 bits per heavy atom. The number of hydrogen-bond donors (Lipinski definition) is 1. The zero-order valence-corrected chi connectivity index (χ0v) is 10.4. The summed E-state index contributed by atoms with van der Waals surface area (Å²) in [5, 5.41) is 0. The minimum absolute atomic E-state index is 0.201. The molecular weight excluding hydrogens is 214 g/mol. The Bertz CT molecular complexity index is 332. The van der Waals surface area contributed by atoms with E-state index in [0.29, 0.717) is 6.54 Å². The van der Waals surface area contributed by atoms with Gasteiger partial charge in [0.2, 0.25) is 0 Å². The predicted molar refractivity (Wildman–Crippen MR) is 67.7 cm³/mol. The molecular formula is C13H21N3O. The minimum atomic E-state index is 0.201. The Kier molecular flexibility index (Phi) is 4.10. The molecule has 1 aromatic heterocycles. The second-order valence-corrected chi connectivity index (χ2v) is 5.04. The third-order valence-corrected chi connectivity index (χ3v) is 3.39. The van der Waals surface area contributed by atoms with Crippen molar-refractivity contribution in [3.8, 4) is 0 Å². The molecule has 94 valence electrons. The molecule has 1 saturated heterocycles. The number of aromatic nitrogens is 1. The van der Waals surface area contributed by atoms with Crippen molar-refractivity contribution in [3.63, 3.8) is 0 Å². The molecule has 2 rings (SSSR count). The smallest absolute Gasteiger partial charge is 0.0569 e.